The van der Waals surface area contributed by atoms with E-state index in [0.29, 0.717) is 11.8 Å². The number of hydrogen-bond donors (Lipinski definition) is 2. The molecule has 3 rings (SSSR count). The molecule has 0 unspecified atom stereocenters. The molecule has 6 heteroatoms. The number of aromatic nitrogens is 1. The van der Waals surface area contributed by atoms with E-state index in [1.54, 1.807) is 6.08 Å². The lowest BCUT2D eigenvalue weighted by molar-refractivity contribution is -0.128. The van der Waals surface area contributed by atoms with E-state index in [1.807, 2.05) is 32.0 Å². The molecule has 6 nitrogen and oxygen atoms in total. The molecule has 0 atom stereocenters. The summed E-state index contributed by atoms with van der Waals surface area (Å²) in [5, 5.41) is 0. The van der Waals surface area contributed by atoms with E-state index in [9.17, 15) is 9.59 Å². The van der Waals surface area contributed by atoms with Gasteiger partial charge in [0, 0.05) is 23.5 Å². The van der Waals surface area contributed by atoms with Gasteiger partial charge in [0.15, 0.2) is 6.61 Å². The standard InChI is InChI=1S/C22H27N3O3/c1-14-9-15(2)11-20(10-14)28-13-22(27)24-23-21(26)8-5-18-12-16(3)25(17(18)4)19-6-7-19/h5,8-12,19H,6-7,13H2,1-4H3,(H,23,26)(H,24,27)/b8-5+. The maximum absolute atomic E-state index is 12.0. The Labute approximate surface area is 165 Å². The summed E-state index contributed by atoms with van der Waals surface area (Å²) in [5.74, 6) is -0.186. The average Bonchev–Trinajstić information content (AvgIpc) is 3.41. The first-order valence-corrected chi connectivity index (χ1v) is 9.50. The minimum Gasteiger partial charge on any atom is -0.484 e. The van der Waals surface area contributed by atoms with Gasteiger partial charge in [-0.15, -0.1) is 0 Å². The number of aryl methyl sites for hydroxylation is 3. The molecular formula is C22H27N3O3. The van der Waals surface area contributed by atoms with Gasteiger partial charge in [-0.3, -0.25) is 20.4 Å². The molecule has 1 saturated carbocycles. The number of rotatable bonds is 6. The summed E-state index contributed by atoms with van der Waals surface area (Å²) in [6.07, 6.45) is 5.63. The lowest BCUT2D eigenvalue weighted by Crippen LogP contribution is -2.43. The van der Waals surface area contributed by atoms with Crippen LogP contribution >= 0.6 is 0 Å². The average molecular weight is 381 g/mol. The highest BCUT2D eigenvalue weighted by Crippen LogP contribution is 2.38. The molecule has 2 aromatic rings. The zero-order valence-electron chi connectivity index (χ0n) is 16.8. The molecule has 1 aliphatic rings. The summed E-state index contributed by atoms with van der Waals surface area (Å²) in [5.41, 5.74) is 10.2. The summed E-state index contributed by atoms with van der Waals surface area (Å²) >= 11 is 0. The van der Waals surface area contributed by atoms with Crippen LogP contribution in [0.4, 0.5) is 0 Å². The van der Waals surface area contributed by atoms with Crippen LogP contribution in [0.1, 0.15) is 47.0 Å². The van der Waals surface area contributed by atoms with Crippen LogP contribution in [0.5, 0.6) is 5.75 Å². The fraction of sp³-hybridized carbons (Fsp3) is 0.364. The van der Waals surface area contributed by atoms with Crippen molar-refractivity contribution in [2.75, 3.05) is 6.61 Å². The van der Waals surface area contributed by atoms with Crippen molar-refractivity contribution in [2.45, 2.75) is 46.6 Å². The lowest BCUT2D eigenvalue weighted by atomic mass is 10.1. The third-order valence-electron chi connectivity index (χ3n) is 4.74. The van der Waals surface area contributed by atoms with Crippen molar-refractivity contribution < 1.29 is 14.3 Å². The number of benzene rings is 1. The van der Waals surface area contributed by atoms with Gasteiger partial charge in [-0.05, 0) is 81.5 Å². The van der Waals surface area contributed by atoms with Crippen molar-refractivity contribution in [3.63, 3.8) is 0 Å². The second kappa shape index (κ2) is 8.33. The number of nitrogens with one attached hydrogen (secondary N) is 2. The Balaban J connectivity index is 1.46. The van der Waals surface area contributed by atoms with E-state index in [-0.39, 0.29) is 6.61 Å². The Bertz CT molecular complexity index is 903. The molecule has 0 spiro atoms. The van der Waals surface area contributed by atoms with Crippen molar-refractivity contribution in [2.24, 2.45) is 0 Å². The minimum absolute atomic E-state index is 0.171. The first-order chi connectivity index (χ1) is 13.3. The van der Waals surface area contributed by atoms with Crippen molar-refractivity contribution >= 4 is 17.9 Å². The van der Waals surface area contributed by atoms with Gasteiger partial charge in [-0.2, -0.15) is 0 Å². The quantitative estimate of drug-likeness (QED) is 0.596. The van der Waals surface area contributed by atoms with Gasteiger partial charge < -0.3 is 9.30 Å². The smallest absolute Gasteiger partial charge is 0.276 e. The summed E-state index contributed by atoms with van der Waals surface area (Å²) in [6.45, 7) is 7.91. The second-order valence-corrected chi connectivity index (χ2v) is 7.41. The van der Waals surface area contributed by atoms with Gasteiger partial charge in [0.25, 0.3) is 11.8 Å². The largest absolute Gasteiger partial charge is 0.484 e. The number of carbonyl (C=O) groups is 2. The normalized spacial score (nSPS) is 13.6. The summed E-state index contributed by atoms with van der Waals surface area (Å²) in [6, 6.07) is 8.43. The lowest BCUT2D eigenvalue weighted by Gasteiger charge is -2.09. The fourth-order valence-electron chi connectivity index (χ4n) is 3.41. The number of nitrogens with zero attached hydrogens (tertiary/aromatic N) is 1. The highest BCUT2D eigenvalue weighted by Gasteiger charge is 2.26. The Morgan fingerprint density at radius 1 is 1.07 bits per heavy atom. The monoisotopic (exact) mass is 381 g/mol. The molecular weight excluding hydrogens is 354 g/mol. The SMILES string of the molecule is Cc1cc(C)cc(OCC(=O)NNC(=O)/C=C/c2cc(C)n(C3CC3)c2C)c1. The van der Waals surface area contributed by atoms with E-state index in [2.05, 4.69) is 35.3 Å². The molecule has 1 fully saturated rings. The molecule has 1 aromatic heterocycles. The molecule has 1 heterocycles. The van der Waals surface area contributed by atoms with Crippen LogP contribution in [-0.2, 0) is 9.59 Å². The molecule has 1 aromatic carbocycles. The molecule has 0 saturated heterocycles. The number of carbonyl (C=O) groups excluding carboxylic acids is 2. The molecule has 0 bridgehead atoms. The Kier molecular flexibility index (Phi) is 5.87. The van der Waals surface area contributed by atoms with Crippen LogP contribution in [0.25, 0.3) is 6.08 Å². The molecule has 2 amide bonds. The van der Waals surface area contributed by atoms with Gasteiger partial charge in [-0.1, -0.05) is 6.07 Å². The topological polar surface area (TPSA) is 72.4 Å². The van der Waals surface area contributed by atoms with Crippen LogP contribution in [0.3, 0.4) is 0 Å². The van der Waals surface area contributed by atoms with Crippen LogP contribution in [0.2, 0.25) is 0 Å². The van der Waals surface area contributed by atoms with E-state index >= 15 is 0 Å². The number of hydrogen-bond acceptors (Lipinski definition) is 3. The van der Waals surface area contributed by atoms with Crippen molar-refractivity contribution in [1.82, 2.24) is 15.4 Å². The molecule has 1 aliphatic carbocycles. The summed E-state index contributed by atoms with van der Waals surface area (Å²) in [4.78, 5) is 23.8. The summed E-state index contributed by atoms with van der Waals surface area (Å²) < 4.78 is 7.79. The van der Waals surface area contributed by atoms with Gasteiger partial charge in [0.05, 0.1) is 0 Å². The first-order valence-electron chi connectivity index (χ1n) is 9.50. The number of ether oxygens (including phenoxy) is 1. The third kappa shape index (κ3) is 5.03. The van der Waals surface area contributed by atoms with Crippen LogP contribution in [0.15, 0.2) is 30.3 Å². The highest BCUT2D eigenvalue weighted by molar-refractivity contribution is 5.93. The van der Waals surface area contributed by atoms with Crippen molar-refractivity contribution in [1.29, 1.82) is 0 Å². The molecule has 28 heavy (non-hydrogen) atoms. The highest BCUT2D eigenvalue weighted by atomic mass is 16.5. The number of amides is 2. The van der Waals surface area contributed by atoms with E-state index < -0.39 is 11.8 Å². The maximum atomic E-state index is 12.0. The van der Waals surface area contributed by atoms with Crippen LogP contribution in [0, 0.1) is 27.7 Å². The second-order valence-electron chi connectivity index (χ2n) is 7.41. The molecule has 0 aliphatic heterocycles. The van der Waals surface area contributed by atoms with E-state index in [0.717, 1.165) is 22.4 Å². The molecule has 2 N–H and O–H groups in total. The fourth-order valence-corrected chi connectivity index (χ4v) is 3.41. The summed E-state index contributed by atoms with van der Waals surface area (Å²) in [7, 11) is 0. The van der Waals surface area contributed by atoms with E-state index in [4.69, 9.17) is 4.74 Å². The van der Waals surface area contributed by atoms with Gasteiger partial charge in [0.1, 0.15) is 5.75 Å². The first kappa shape index (κ1) is 19.7. The Morgan fingerprint density at radius 3 is 2.39 bits per heavy atom. The third-order valence-corrected chi connectivity index (χ3v) is 4.74. The predicted octanol–water partition coefficient (Wildman–Crippen LogP) is 3.30. The molecule has 148 valence electrons. The predicted molar refractivity (Wildman–Crippen MR) is 109 cm³/mol. The van der Waals surface area contributed by atoms with Crippen LogP contribution in [-0.4, -0.2) is 23.0 Å². The Hall–Kier alpha value is -3.02. The minimum atomic E-state index is -0.423. The zero-order chi connectivity index (χ0) is 20.3. The van der Waals surface area contributed by atoms with Gasteiger partial charge in [-0.25, -0.2) is 0 Å². The number of hydrazine groups is 1. The zero-order valence-corrected chi connectivity index (χ0v) is 16.8. The van der Waals surface area contributed by atoms with Crippen LogP contribution < -0.4 is 15.6 Å². The van der Waals surface area contributed by atoms with Crippen molar-refractivity contribution in [3.05, 3.63) is 58.4 Å². The Morgan fingerprint density at radius 2 is 1.75 bits per heavy atom. The van der Waals surface area contributed by atoms with E-state index in [1.165, 1.54) is 24.6 Å². The van der Waals surface area contributed by atoms with Gasteiger partial charge >= 0.3 is 0 Å². The maximum Gasteiger partial charge on any atom is 0.276 e. The van der Waals surface area contributed by atoms with Crippen molar-refractivity contribution in [3.8, 4) is 5.75 Å². The molecule has 0 radical (unpaired) electrons. The van der Waals surface area contributed by atoms with Gasteiger partial charge in [0.2, 0.25) is 0 Å².